The Kier molecular flexibility index (Phi) is 5.40. The van der Waals surface area contributed by atoms with Crippen LogP contribution in [0.15, 0.2) is 0 Å². The molecule has 1 aromatic heterocycles. The lowest BCUT2D eigenvalue weighted by molar-refractivity contribution is 0.688. The summed E-state index contributed by atoms with van der Waals surface area (Å²) in [6.45, 7) is 4.88. The zero-order chi connectivity index (χ0) is 11.1. The minimum absolute atomic E-state index is 0.289. The van der Waals surface area contributed by atoms with Crippen molar-refractivity contribution in [2.75, 3.05) is 25.0 Å². The van der Waals surface area contributed by atoms with Crippen molar-refractivity contribution < 1.29 is 0 Å². The third-order valence-corrected chi connectivity index (χ3v) is 3.05. The van der Waals surface area contributed by atoms with Crippen LogP contribution in [0, 0.1) is 11.3 Å². The van der Waals surface area contributed by atoms with Gasteiger partial charge < -0.3 is 10.6 Å². The fourth-order valence-corrected chi connectivity index (χ4v) is 2.00. The standard InChI is InChI=1S/C9H13ClN4S/c1-2-12-4-3-5-13-9-14-8(10)7(6-11)15-9/h12H,2-5H2,1H3,(H,13,14). The molecule has 0 fully saturated rings. The molecule has 0 radical (unpaired) electrons. The predicted octanol–water partition coefficient (Wildman–Crippen LogP) is 2.08. The topological polar surface area (TPSA) is 60.7 Å². The Balaban J connectivity index is 2.29. The molecule has 0 atom stereocenters. The molecule has 0 unspecified atom stereocenters. The number of nitrogens with zero attached hydrogens (tertiary/aromatic N) is 2. The van der Waals surface area contributed by atoms with Gasteiger partial charge >= 0.3 is 0 Å². The number of nitriles is 1. The van der Waals surface area contributed by atoms with Crippen LogP contribution in [-0.2, 0) is 0 Å². The highest BCUT2D eigenvalue weighted by Gasteiger charge is 2.07. The average molecular weight is 245 g/mol. The quantitative estimate of drug-likeness (QED) is 0.753. The van der Waals surface area contributed by atoms with Crippen LogP contribution in [0.4, 0.5) is 5.13 Å². The third-order valence-electron chi connectivity index (χ3n) is 1.74. The molecule has 15 heavy (non-hydrogen) atoms. The van der Waals surface area contributed by atoms with E-state index < -0.39 is 0 Å². The minimum Gasteiger partial charge on any atom is -0.361 e. The van der Waals surface area contributed by atoms with E-state index in [2.05, 4.69) is 22.5 Å². The first-order chi connectivity index (χ1) is 7.27. The van der Waals surface area contributed by atoms with Crippen molar-refractivity contribution >= 4 is 28.1 Å². The number of rotatable bonds is 6. The van der Waals surface area contributed by atoms with Gasteiger partial charge in [-0.2, -0.15) is 5.26 Å². The molecule has 1 heterocycles. The van der Waals surface area contributed by atoms with Crippen molar-refractivity contribution in [2.45, 2.75) is 13.3 Å². The fraction of sp³-hybridized carbons (Fsp3) is 0.556. The van der Waals surface area contributed by atoms with Gasteiger partial charge in [0.15, 0.2) is 10.3 Å². The Morgan fingerprint density at radius 3 is 2.93 bits per heavy atom. The molecule has 4 nitrogen and oxygen atoms in total. The van der Waals surface area contributed by atoms with Gasteiger partial charge in [-0.1, -0.05) is 29.9 Å². The lowest BCUT2D eigenvalue weighted by Gasteiger charge is -2.02. The first-order valence-electron chi connectivity index (χ1n) is 4.79. The lowest BCUT2D eigenvalue weighted by Crippen LogP contribution is -2.17. The van der Waals surface area contributed by atoms with E-state index in [1.165, 1.54) is 11.3 Å². The lowest BCUT2D eigenvalue weighted by atomic mass is 10.4. The van der Waals surface area contributed by atoms with Crippen LogP contribution in [0.3, 0.4) is 0 Å². The normalized spacial score (nSPS) is 9.93. The number of thiazole rings is 1. The van der Waals surface area contributed by atoms with Crippen LogP contribution in [0.2, 0.25) is 5.15 Å². The van der Waals surface area contributed by atoms with Gasteiger partial charge in [-0.05, 0) is 19.5 Å². The molecule has 1 rings (SSSR count). The van der Waals surface area contributed by atoms with Gasteiger partial charge in [0.05, 0.1) is 0 Å². The molecule has 0 aliphatic carbocycles. The molecule has 0 spiro atoms. The zero-order valence-electron chi connectivity index (χ0n) is 8.51. The summed E-state index contributed by atoms with van der Waals surface area (Å²) in [4.78, 5) is 4.49. The Morgan fingerprint density at radius 1 is 1.53 bits per heavy atom. The maximum Gasteiger partial charge on any atom is 0.185 e. The van der Waals surface area contributed by atoms with Crippen LogP contribution in [0.25, 0.3) is 0 Å². The van der Waals surface area contributed by atoms with Gasteiger partial charge in [-0.25, -0.2) is 4.98 Å². The number of hydrogen-bond donors (Lipinski definition) is 2. The highest BCUT2D eigenvalue weighted by molar-refractivity contribution is 7.16. The molecular formula is C9H13ClN4S. The smallest absolute Gasteiger partial charge is 0.185 e. The SMILES string of the molecule is CCNCCCNc1nc(Cl)c(C#N)s1. The molecule has 6 heteroatoms. The molecular weight excluding hydrogens is 232 g/mol. The van der Waals surface area contributed by atoms with Crippen LogP contribution in [-0.4, -0.2) is 24.6 Å². The summed E-state index contributed by atoms with van der Waals surface area (Å²) in [5.74, 6) is 0. The van der Waals surface area contributed by atoms with Crippen molar-refractivity contribution in [3.63, 3.8) is 0 Å². The second kappa shape index (κ2) is 6.62. The zero-order valence-corrected chi connectivity index (χ0v) is 10.1. The minimum atomic E-state index is 0.289. The number of nitrogens with one attached hydrogen (secondary N) is 2. The fourth-order valence-electron chi connectivity index (χ4n) is 1.03. The summed E-state index contributed by atoms with van der Waals surface area (Å²) in [5, 5.41) is 16.0. The number of anilines is 1. The molecule has 2 N–H and O–H groups in total. The van der Waals surface area contributed by atoms with Gasteiger partial charge in [-0.3, -0.25) is 0 Å². The highest BCUT2D eigenvalue weighted by Crippen LogP contribution is 2.25. The molecule has 0 bridgehead atoms. The van der Waals surface area contributed by atoms with Crippen molar-refractivity contribution in [3.8, 4) is 6.07 Å². The number of hydrogen-bond acceptors (Lipinski definition) is 5. The summed E-state index contributed by atoms with van der Waals surface area (Å²) in [7, 11) is 0. The summed E-state index contributed by atoms with van der Waals surface area (Å²) < 4.78 is 0. The van der Waals surface area contributed by atoms with Gasteiger partial charge in [0.2, 0.25) is 0 Å². The summed E-state index contributed by atoms with van der Waals surface area (Å²) >= 11 is 7.02. The number of halogens is 1. The first-order valence-corrected chi connectivity index (χ1v) is 5.98. The van der Waals surface area contributed by atoms with Gasteiger partial charge in [0.25, 0.3) is 0 Å². The molecule has 0 aromatic carbocycles. The predicted molar refractivity (Wildman–Crippen MR) is 63.5 cm³/mol. The van der Waals surface area contributed by atoms with Gasteiger partial charge in [0.1, 0.15) is 10.9 Å². The van der Waals surface area contributed by atoms with Gasteiger partial charge in [0, 0.05) is 6.54 Å². The van der Waals surface area contributed by atoms with E-state index in [0.717, 1.165) is 26.1 Å². The summed E-state index contributed by atoms with van der Waals surface area (Å²) in [6, 6.07) is 2.00. The monoisotopic (exact) mass is 244 g/mol. The van der Waals surface area contributed by atoms with E-state index in [0.29, 0.717) is 10.0 Å². The Bertz CT molecular complexity index is 344. The summed E-state index contributed by atoms with van der Waals surface area (Å²) in [6.07, 6.45) is 1.02. The second-order valence-electron chi connectivity index (χ2n) is 2.88. The van der Waals surface area contributed by atoms with Gasteiger partial charge in [-0.15, -0.1) is 0 Å². The highest BCUT2D eigenvalue weighted by atomic mass is 35.5. The summed E-state index contributed by atoms with van der Waals surface area (Å²) in [5.41, 5.74) is 0. The van der Waals surface area contributed by atoms with E-state index in [4.69, 9.17) is 16.9 Å². The molecule has 0 saturated heterocycles. The van der Waals surface area contributed by atoms with E-state index in [1.54, 1.807) is 0 Å². The molecule has 82 valence electrons. The van der Waals surface area contributed by atoms with E-state index in [9.17, 15) is 0 Å². The molecule has 0 aliphatic rings. The molecule has 0 aliphatic heterocycles. The number of aromatic nitrogens is 1. The molecule has 1 aromatic rings. The first kappa shape index (κ1) is 12.2. The Labute approximate surface area is 98.3 Å². The molecule has 0 saturated carbocycles. The van der Waals surface area contributed by atoms with Crippen molar-refractivity contribution in [1.29, 1.82) is 5.26 Å². The largest absolute Gasteiger partial charge is 0.361 e. The van der Waals surface area contributed by atoms with Crippen molar-refractivity contribution in [2.24, 2.45) is 0 Å². The van der Waals surface area contributed by atoms with Crippen LogP contribution >= 0.6 is 22.9 Å². The molecule has 0 amide bonds. The van der Waals surface area contributed by atoms with Crippen molar-refractivity contribution in [3.05, 3.63) is 10.0 Å². The Morgan fingerprint density at radius 2 is 2.33 bits per heavy atom. The van der Waals surface area contributed by atoms with Crippen LogP contribution in [0.5, 0.6) is 0 Å². The maximum absolute atomic E-state index is 8.67. The average Bonchev–Trinajstić information content (AvgIpc) is 2.59. The third kappa shape index (κ3) is 4.04. The van der Waals surface area contributed by atoms with Crippen molar-refractivity contribution in [1.82, 2.24) is 10.3 Å². The van der Waals surface area contributed by atoms with Crippen LogP contribution < -0.4 is 10.6 Å². The Hall–Kier alpha value is -0.830. The maximum atomic E-state index is 8.67. The van der Waals surface area contributed by atoms with Crippen LogP contribution in [0.1, 0.15) is 18.2 Å². The van der Waals surface area contributed by atoms with E-state index in [1.807, 2.05) is 6.07 Å². The second-order valence-corrected chi connectivity index (χ2v) is 4.24. The van der Waals surface area contributed by atoms with E-state index >= 15 is 0 Å². The van der Waals surface area contributed by atoms with E-state index in [-0.39, 0.29) is 5.15 Å².